The molecule has 2 atom stereocenters. The average Bonchev–Trinajstić information content (AvgIpc) is 2.80. The van der Waals surface area contributed by atoms with Gasteiger partial charge in [-0.1, -0.05) is 24.3 Å². The highest BCUT2D eigenvalue weighted by Gasteiger charge is 2.37. The van der Waals surface area contributed by atoms with E-state index >= 15 is 0 Å². The van der Waals surface area contributed by atoms with Gasteiger partial charge in [0, 0.05) is 18.5 Å². The lowest BCUT2D eigenvalue weighted by Crippen LogP contribution is -2.52. The van der Waals surface area contributed by atoms with Crippen molar-refractivity contribution in [3.8, 4) is 22.6 Å². The summed E-state index contributed by atoms with van der Waals surface area (Å²) in [6.07, 6.45) is 2.71. The van der Waals surface area contributed by atoms with Crippen LogP contribution in [0.4, 0.5) is 4.79 Å². The van der Waals surface area contributed by atoms with E-state index in [4.69, 9.17) is 14.2 Å². The second kappa shape index (κ2) is 8.19. The van der Waals surface area contributed by atoms with Crippen LogP contribution in [0.2, 0.25) is 0 Å². The van der Waals surface area contributed by atoms with Crippen LogP contribution in [0.3, 0.4) is 0 Å². The maximum atomic E-state index is 12.6. The van der Waals surface area contributed by atoms with Gasteiger partial charge in [-0.15, -0.1) is 0 Å². The van der Waals surface area contributed by atoms with E-state index < -0.39 is 0 Å². The zero-order chi connectivity index (χ0) is 20.5. The van der Waals surface area contributed by atoms with Gasteiger partial charge in [-0.2, -0.15) is 0 Å². The first kappa shape index (κ1) is 19.2. The summed E-state index contributed by atoms with van der Waals surface area (Å²) in [7, 11) is 1.66. The highest BCUT2D eigenvalue weighted by Crippen LogP contribution is 2.36. The highest BCUT2D eigenvalue weighted by molar-refractivity contribution is 5.70. The Balaban J connectivity index is 1.27. The lowest BCUT2D eigenvalue weighted by Gasteiger charge is -2.44. The van der Waals surface area contributed by atoms with Crippen molar-refractivity contribution < 1.29 is 19.0 Å². The number of carbonyl (C=O) groups excluding carboxylic acids is 1. The van der Waals surface area contributed by atoms with Crippen LogP contribution >= 0.6 is 0 Å². The Kier molecular flexibility index (Phi) is 5.25. The highest BCUT2D eigenvalue weighted by atomic mass is 16.6. The molecule has 6 rings (SSSR count). The first-order valence-electron chi connectivity index (χ1n) is 10.8. The van der Waals surface area contributed by atoms with E-state index in [0.717, 1.165) is 67.1 Å². The zero-order valence-electron chi connectivity index (χ0n) is 17.3. The fraction of sp³-hybridized carbons (Fsp3) is 0.458. The van der Waals surface area contributed by atoms with Gasteiger partial charge < -0.3 is 19.5 Å². The van der Waals surface area contributed by atoms with Crippen LogP contribution in [-0.2, 0) is 4.74 Å². The third kappa shape index (κ3) is 3.84. The molecule has 2 bridgehead atoms. The normalized spacial score (nSPS) is 27.0. The Morgan fingerprint density at radius 3 is 2.53 bits per heavy atom. The second-order valence-electron chi connectivity index (χ2n) is 8.40. The molecule has 3 saturated heterocycles. The summed E-state index contributed by atoms with van der Waals surface area (Å²) < 4.78 is 17.0. The van der Waals surface area contributed by atoms with Gasteiger partial charge in [-0.3, -0.25) is 4.90 Å². The number of methoxy groups -OCH3 is 1. The molecule has 0 spiro atoms. The standard InChI is InChI=1S/C24H28N2O4/c1-28-19-5-2-16(3-6-19)18-4-7-20-21(10-13-29-22(20)14-18)25-24(27)30-23-15-26-11-8-17(23)9-12-26/h2-7,14,17,21,23H,8-13,15H2,1H3,(H,25,27)/t21?,23-/m1/s1. The SMILES string of the molecule is COc1ccc(-c2ccc3c(c2)OCCC3NC(=O)O[C@@H]2CN3CCC2CC3)cc1. The minimum Gasteiger partial charge on any atom is -0.497 e. The van der Waals surface area contributed by atoms with Crippen LogP contribution in [-0.4, -0.2) is 50.4 Å². The molecule has 6 heteroatoms. The van der Waals surface area contributed by atoms with Gasteiger partial charge in [0.1, 0.15) is 17.6 Å². The van der Waals surface area contributed by atoms with Gasteiger partial charge in [-0.25, -0.2) is 4.79 Å². The molecule has 3 fully saturated rings. The number of rotatable bonds is 4. The van der Waals surface area contributed by atoms with Crippen molar-refractivity contribution in [2.75, 3.05) is 33.4 Å². The number of amides is 1. The van der Waals surface area contributed by atoms with Crippen LogP contribution in [0, 0.1) is 5.92 Å². The molecule has 6 nitrogen and oxygen atoms in total. The molecule has 158 valence electrons. The lowest BCUT2D eigenvalue weighted by molar-refractivity contribution is -0.0342. The van der Waals surface area contributed by atoms with E-state index in [9.17, 15) is 4.79 Å². The third-order valence-corrected chi connectivity index (χ3v) is 6.62. The van der Waals surface area contributed by atoms with Gasteiger partial charge in [0.25, 0.3) is 0 Å². The van der Waals surface area contributed by atoms with E-state index in [2.05, 4.69) is 16.3 Å². The van der Waals surface area contributed by atoms with Gasteiger partial charge in [0.2, 0.25) is 0 Å². The van der Waals surface area contributed by atoms with Crippen LogP contribution < -0.4 is 14.8 Å². The van der Waals surface area contributed by atoms with Gasteiger partial charge in [0.05, 0.1) is 19.8 Å². The quantitative estimate of drug-likeness (QED) is 0.829. The summed E-state index contributed by atoms with van der Waals surface area (Å²) >= 11 is 0. The van der Waals surface area contributed by atoms with Crippen LogP contribution in [0.15, 0.2) is 42.5 Å². The molecule has 4 heterocycles. The zero-order valence-corrected chi connectivity index (χ0v) is 17.3. The van der Waals surface area contributed by atoms with Crippen molar-refractivity contribution in [2.24, 2.45) is 5.92 Å². The lowest BCUT2D eigenvalue weighted by atomic mass is 9.86. The average molecular weight is 408 g/mol. The minimum atomic E-state index is -0.314. The Hall–Kier alpha value is -2.73. The van der Waals surface area contributed by atoms with E-state index in [1.807, 2.05) is 36.4 Å². The monoisotopic (exact) mass is 408 g/mol. The molecule has 1 N–H and O–H groups in total. The molecular weight excluding hydrogens is 380 g/mol. The number of benzene rings is 2. The number of ether oxygens (including phenoxy) is 3. The van der Waals surface area contributed by atoms with Crippen molar-refractivity contribution in [1.29, 1.82) is 0 Å². The molecule has 0 aromatic heterocycles. The Morgan fingerprint density at radius 1 is 1.07 bits per heavy atom. The Bertz CT molecular complexity index is 906. The van der Waals surface area contributed by atoms with Crippen molar-refractivity contribution in [2.45, 2.75) is 31.4 Å². The van der Waals surface area contributed by atoms with Crippen LogP contribution in [0.25, 0.3) is 11.1 Å². The first-order valence-corrected chi connectivity index (χ1v) is 10.8. The largest absolute Gasteiger partial charge is 0.497 e. The van der Waals surface area contributed by atoms with E-state index in [0.29, 0.717) is 12.5 Å². The number of hydrogen-bond acceptors (Lipinski definition) is 5. The molecule has 1 unspecified atom stereocenters. The second-order valence-corrected chi connectivity index (χ2v) is 8.40. The molecule has 1 amide bonds. The van der Waals surface area contributed by atoms with E-state index in [1.165, 1.54) is 0 Å². The van der Waals surface area contributed by atoms with Crippen LogP contribution in [0.5, 0.6) is 11.5 Å². The predicted octanol–water partition coefficient (Wildman–Crippen LogP) is 4.01. The summed E-state index contributed by atoms with van der Waals surface area (Å²) in [5.41, 5.74) is 3.18. The van der Waals surface area contributed by atoms with Gasteiger partial charge in [0.15, 0.2) is 0 Å². The molecule has 2 aromatic rings. The molecular formula is C24H28N2O4. The molecule has 30 heavy (non-hydrogen) atoms. The molecule has 4 aliphatic heterocycles. The fourth-order valence-corrected chi connectivity index (χ4v) is 4.86. The molecule has 0 radical (unpaired) electrons. The first-order chi connectivity index (χ1) is 14.7. The predicted molar refractivity (Wildman–Crippen MR) is 114 cm³/mol. The minimum absolute atomic E-state index is 0.0178. The van der Waals surface area contributed by atoms with E-state index in [-0.39, 0.29) is 18.2 Å². The molecule has 0 saturated carbocycles. The Morgan fingerprint density at radius 2 is 1.83 bits per heavy atom. The molecule has 4 aliphatic rings. The number of carbonyl (C=O) groups is 1. The topological polar surface area (TPSA) is 60.0 Å². The number of nitrogens with one attached hydrogen (secondary N) is 1. The number of fused-ring (bicyclic) bond motifs is 4. The summed E-state index contributed by atoms with van der Waals surface area (Å²) in [6.45, 7) is 3.71. The van der Waals surface area contributed by atoms with Gasteiger partial charge in [-0.05, 0) is 61.2 Å². The van der Waals surface area contributed by atoms with Crippen molar-refractivity contribution in [1.82, 2.24) is 10.2 Å². The fourth-order valence-electron chi connectivity index (χ4n) is 4.86. The number of nitrogens with zero attached hydrogens (tertiary/aromatic N) is 1. The summed E-state index contributed by atoms with van der Waals surface area (Å²) in [5, 5.41) is 3.08. The van der Waals surface area contributed by atoms with Crippen molar-refractivity contribution >= 4 is 6.09 Å². The molecule has 2 aromatic carbocycles. The summed E-state index contributed by atoms with van der Waals surface area (Å²) in [4.78, 5) is 15.0. The van der Waals surface area contributed by atoms with Crippen molar-refractivity contribution in [3.05, 3.63) is 48.0 Å². The Labute approximate surface area is 177 Å². The maximum absolute atomic E-state index is 12.6. The third-order valence-electron chi connectivity index (χ3n) is 6.62. The van der Waals surface area contributed by atoms with Crippen LogP contribution in [0.1, 0.15) is 30.9 Å². The van der Waals surface area contributed by atoms with Gasteiger partial charge >= 0.3 is 6.09 Å². The number of piperidine rings is 3. The number of alkyl carbamates (subject to hydrolysis) is 1. The maximum Gasteiger partial charge on any atom is 0.407 e. The summed E-state index contributed by atoms with van der Waals surface area (Å²) in [6, 6.07) is 14.0. The number of hydrogen-bond donors (Lipinski definition) is 1. The van der Waals surface area contributed by atoms with E-state index in [1.54, 1.807) is 7.11 Å². The summed E-state index contributed by atoms with van der Waals surface area (Å²) in [5.74, 6) is 2.16. The molecule has 0 aliphatic carbocycles. The smallest absolute Gasteiger partial charge is 0.407 e. The van der Waals surface area contributed by atoms with Crippen molar-refractivity contribution in [3.63, 3.8) is 0 Å².